The first-order chi connectivity index (χ1) is 8.78. The third-order valence-corrected chi connectivity index (χ3v) is 3.25. The second-order valence-electron chi connectivity index (χ2n) is 5.79. The molecular weight excluding hydrogens is 245 g/mol. The van der Waals surface area contributed by atoms with Gasteiger partial charge in [-0.1, -0.05) is 0 Å². The first-order valence-corrected chi connectivity index (χ1v) is 6.52. The summed E-state index contributed by atoms with van der Waals surface area (Å²) in [4.78, 5) is 13.8. The second-order valence-corrected chi connectivity index (χ2v) is 5.79. The molecule has 1 fully saturated rings. The van der Waals surface area contributed by atoms with E-state index < -0.39 is 0 Å². The molecule has 1 aromatic carbocycles. The molecule has 3 nitrogen and oxygen atoms in total. The topological polar surface area (TPSA) is 29.5 Å². The lowest BCUT2D eigenvalue weighted by Gasteiger charge is -2.43. The maximum atomic E-state index is 13.3. The number of hydrogen-bond acceptors (Lipinski definition) is 3. The van der Waals surface area contributed by atoms with Crippen LogP contribution in [0.1, 0.15) is 38.1 Å². The van der Waals surface area contributed by atoms with E-state index in [2.05, 4.69) is 4.90 Å². The fraction of sp³-hybridized carbons (Fsp3) is 0.533. The van der Waals surface area contributed by atoms with E-state index in [0.717, 1.165) is 5.69 Å². The van der Waals surface area contributed by atoms with Crippen LogP contribution in [-0.4, -0.2) is 30.6 Å². The van der Waals surface area contributed by atoms with Gasteiger partial charge in [-0.15, -0.1) is 0 Å². The molecule has 1 aliphatic rings. The van der Waals surface area contributed by atoms with Gasteiger partial charge in [-0.05, 0) is 45.9 Å². The third-order valence-electron chi connectivity index (χ3n) is 3.25. The van der Waals surface area contributed by atoms with Crippen LogP contribution in [0.3, 0.4) is 0 Å². The maximum Gasteiger partial charge on any atom is 0.161 e. The predicted molar refractivity (Wildman–Crippen MR) is 73.2 cm³/mol. The van der Waals surface area contributed by atoms with Crippen molar-refractivity contribution in [1.82, 2.24) is 0 Å². The van der Waals surface area contributed by atoms with Gasteiger partial charge in [0.25, 0.3) is 0 Å². The molecule has 1 aromatic rings. The van der Waals surface area contributed by atoms with E-state index >= 15 is 0 Å². The Balaban J connectivity index is 2.38. The summed E-state index contributed by atoms with van der Waals surface area (Å²) >= 11 is 0. The number of ketones is 1. The van der Waals surface area contributed by atoms with Gasteiger partial charge in [0.1, 0.15) is 5.82 Å². The summed E-state index contributed by atoms with van der Waals surface area (Å²) in [5.74, 6) is -0.499. The molecule has 4 heteroatoms. The molecule has 0 bridgehead atoms. The molecule has 0 aliphatic carbocycles. The van der Waals surface area contributed by atoms with Gasteiger partial charge in [0, 0.05) is 24.3 Å². The van der Waals surface area contributed by atoms with Crippen molar-refractivity contribution in [3.05, 3.63) is 29.6 Å². The summed E-state index contributed by atoms with van der Waals surface area (Å²) in [7, 11) is 0. The highest BCUT2D eigenvalue weighted by molar-refractivity contribution is 5.99. The maximum absolute atomic E-state index is 13.3. The Bertz CT molecular complexity index is 499. The zero-order chi connectivity index (χ0) is 14.2. The number of nitrogens with zero attached hydrogens (tertiary/aromatic N) is 1. The first-order valence-electron chi connectivity index (χ1n) is 6.52. The lowest BCUT2D eigenvalue weighted by Crippen LogP contribution is -2.52. The van der Waals surface area contributed by atoms with Gasteiger partial charge in [0.15, 0.2) is 5.78 Å². The highest BCUT2D eigenvalue weighted by Gasteiger charge is 2.32. The number of Topliss-reactive ketones (excluding diaryl/α,β-unsaturated/α-hetero) is 1. The molecule has 1 atom stereocenters. The number of rotatable bonds is 2. The van der Waals surface area contributed by atoms with Crippen LogP contribution >= 0.6 is 0 Å². The SMILES string of the molecule is CC(=O)c1cc(F)ccc1N1CC(C)OC(C)(C)C1. The summed E-state index contributed by atoms with van der Waals surface area (Å²) in [6, 6.07) is 4.39. The highest BCUT2D eigenvalue weighted by Crippen LogP contribution is 2.29. The molecule has 0 radical (unpaired) electrons. The van der Waals surface area contributed by atoms with E-state index in [0.29, 0.717) is 18.7 Å². The Morgan fingerprint density at radius 1 is 1.47 bits per heavy atom. The fourth-order valence-corrected chi connectivity index (χ4v) is 2.70. The number of halogens is 1. The molecule has 0 spiro atoms. The lowest BCUT2D eigenvalue weighted by molar-refractivity contribution is -0.0750. The molecule has 0 amide bonds. The quantitative estimate of drug-likeness (QED) is 0.770. The monoisotopic (exact) mass is 265 g/mol. The second kappa shape index (κ2) is 4.93. The van der Waals surface area contributed by atoms with Crippen LogP contribution < -0.4 is 4.90 Å². The molecule has 104 valence electrons. The molecule has 1 heterocycles. The van der Waals surface area contributed by atoms with Crippen LogP contribution in [0, 0.1) is 5.82 Å². The first kappa shape index (κ1) is 14.0. The van der Waals surface area contributed by atoms with Crippen LogP contribution in [-0.2, 0) is 4.74 Å². The third kappa shape index (κ3) is 3.13. The van der Waals surface area contributed by atoms with E-state index in [-0.39, 0.29) is 23.3 Å². The number of carbonyl (C=O) groups excluding carboxylic acids is 1. The van der Waals surface area contributed by atoms with Gasteiger partial charge in [-0.2, -0.15) is 0 Å². The lowest BCUT2D eigenvalue weighted by atomic mass is 10.0. The zero-order valence-corrected chi connectivity index (χ0v) is 11.9. The smallest absolute Gasteiger partial charge is 0.161 e. The Morgan fingerprint density at radius 2 is 2.16 bits per heavy atom. The highest BCUT2D eigenvalue weighted by atomic mass is 19.1. The number of hydrogen-bond donors (Lipinski definition) is 0. The summed E-state index contributed by atoms with van der Waals surface area (Å²) in [5, 5.41) is 0. The Labute approximate surface area is 113 Å². The van der Waals surface area contributed by atoms with Gasteiger partial charge < -0.3 is 9.64 Å². The van der Waals surface area contributed by atoms with Crippen molar-refractivity contribution in [2.45, 2.75) is 39.4 Å². The van der Waals surface area contributed by atoms with Gasteiger partial charge in [0.05, 0.1) is 11.7 Å². The van der Waals surface area contributed by atoms with Crippen molar-refractivity contribution in [1.29, 1.82) is 0 Å². The van der Waals surface area contributed by atoms with Gasteiger partial charge in [-0.25, -0.2) is 4.39 Å². The summed E-state index contributed by atoms with van der Waals surface area (Å²) < 4.78 is 19.2. The molecule has 19 heavy (non-hydrogen) atoms. The van der Waals surface area contributed by atoms with Crippen molar-refractivity contribution in [2.24, 2.45) is 0 Å². The summed E-state index contributed by atoms with van der Waals surface area (Å²) in [5.41, 5.74) is 0.946. The van der Waals surface area contributed by atoms with Crippen LogP contribution in [0.4, 0.5) is 10.1 Å². The van der Waals surface area contributed by atoms with Crippen LogP contribution in [0.2, 0.25) is 0 Å². The van der Waals surface area contributed by atoms with Crippen molar-refractivity contribution in [3.8, 4) is 0 Å². The number of morpholine rings is 1. The molecule has 1 unspecified atom stereocenters. The van der Waals surface area contributed by atoms with Crippen LogP contribution in [0.15, 0.2) is 18.2 Å². The largest absolute Gasteiger partial charge is 0.369 e. The average molecular weight is 265 g/mol. The van der Waals surface area contributed by atoms with Crippen molar-refractivity contribution in [2.75, 3.05) is 18.0 Å². The van der Waals surface area contributed by atoms with Crippen molar-refractivity contribution in [3.63, 3.8) is 0 Å². The van der Waals surface area contributed by atoms with E-state index in [9.17, 15) is 9.18 Å². The summed E-state index contributed by atoms with van der Waals surface area (Å²) in [6.45, 7) is 8.90. The number of ether oxygens (including phenoxy) is 1. The predicted octanol–water partition coefficient (Wildman–Crippen LogP) is 3.03. The molecule has 2 rings (SSSR count). The Hall–Kier alpha value is -1.42. The normalized spacial score (nSPS) is 22.4. The minimum absolute atomic E-state index is 0.0774. The van der Waals surface area contributed by atoms with Crippen LogP contribution in [0.25, 0.3) is 0 Å². The van der Waals surface area contributed by atoms with Gasteiger partial charge >= 0.3 is 0 Å². The number of carbonyl (C=O) groups is 1. The van der Waals surface area contributed by atoms with E-state index in [1.165, 1.54) is 19.1 Å². The number of benzene rings is 1. The van der Waals surface area contributed by atoms with Gasteiger partial charge in [0.2, 0.25) is 0 Å². The zero-order valence-electron chi connectivity index (χ0n) is 11.9. The molecule has 1 saturated heterocycles. The number of anilines is 1. The van der Waals surface area contributed by atoms with Gasteiger partial charge in [-0.3, -0.25) is 4.79 Å². The summed E-state index contributed by atoms with van der Waals surface area (Å²) in [6.07, 6.45) is 0.0774. The van der Waals surface area contributed by atoms with Crippen LogP contribution in [0.5, 0.6) is 0 Å². The van der Waals surface area contributed by atoms with Crippen molar-refractivity contribution < 1.29 is 13.9 Å². The van der Waals surface area contributed by atoms with E-state index in [4.69, 9.17) is 4.74 Å². The fourth-order valence-electron chi connectivity index (χ4n) is 2.70. The standard InChI is InChI=1S/C15H20FNO2/c1-10-8-17(9-15(3,4)19-10)14-6-5-12(16)7-13(14)11(2)18/h5-7,10H,8-9H2,1-4H3. The molecular formula is C15H20FNO2. The molecule has 0 aromatic heterocycles. The molecule has 0 saturated carbocycles. The minimum Gasteiger partial charge on any atom is -0.369 e. The van der Waals surface area contributed by atoms with Crippen molar-refractivity contribution >= 4 is 11.5 Å². The average Bonchev–Trinajstić information content (AvgIpc) is 2.25. The Morgan fingerprint density at radius 3 is 2.74 bits per heavy atom. The molecule has 0 N–H and O–H groups in total. The molecule has 1 aliphatic heterocycles. The Kier molecular flexibility index (Phi) is 3.63. The van der Waals surface area contributed by atoms with E-state index in [1.54, 1.807) is 6.07 Å². The van der Waals surface area contributed by atoms with E-state index in [1.807, 2.05) is 20.8 Å². The minimum atomic E-state index is -0.380.